The van der Waals surface area contributed by atoms with Crippen LogP contribution in [0.4, 0.5) is 11.4 Å². The van der Waals surface area contributed by atoms with Crippen LogP contribution in [0.5, 0.6) is 0 Å². The lowest BCUT2D eigenvalue weighted by atomic mass is 9.47. The Morgan fingerprint density at radius 1 is 0.976 bits per heavy atom. The van der Waals surface area contributed by atoms with Crippen molar-refractivity contribution < 1.29 is 19.3 Å². The Morgan fingerprint density at radius 3 is 2.26 bits per heavy atom. The minimum absolute atomic E-state index is 0.0550. The monoisotopic (exact) mass is 557 g/mol. The molecule has 1 N–H and O–H groups in total. The van der Waals surface area contributed by atoms with Gasteiger partial charge in [0.2, 0.25) is 11.8 Å². The zero-order valence-electron chi connectivity index (χ0n) is 22.3. The van der Waals surface area contributed by atoms with E-state index >= 15 is 0 Å². The summed E-state index contributed by atoms with van der Waals surface area (Å²) in [6.45, 7) is 1.71. The van der Waals surface area contributed by atoms with E-state index in [2.05, 4.69) is 15.5 Å². The number of anilines is 1. The van der Waals surface area contributed by atoms with Gasteiger partial charge in [-0.05, 0) is 52.9 Å². The van der Waals surface area contributed by atoms with Gasteiger partial charge in [0.05, 0.1) is 22.2 Å². The second kappa shape index (κ2) is 9.27. The average Bonchev–Trinajstić information content (AvgIpc) is 3.28. The van der Waals surface area contributed by atoms with Crippen LogP contribution >= 0.6 is 0 Å². The second-order valence-electron chi connectivity index (χ2n) is 10.7. The minimum atomic E-state index is -1.22. The molecule has 1 fully saturated rings. The van der Waals surface area contributed by atoms with Gasteiger partial charge in [0.15, 0.2) is 0 Å². The zero-order valence-corrected chi connectivity index (χ0v) is 22.3. The third-order valence-electron chi connectivity index (χ3n) is 8.63. The summed E-state index contributed by atoms with van der Waals surface area (Å²) in [6.07, 6.45) is 4.55. The van der Waals surface area contributed by atoms with Crippen molar-refractivity contribution in [3.8, 4) is 0 Å². The van der Waals surface area contributed by atoms with Crippen LogP contribution in [0.2, 0.25) is 0 Å². The molecule has 42 heavy (non-hydrogen) atoms. The van der Waals surface area contributed by atoms with Gasteiger partial charge in [0.1, 0.15) is 5.69 Å². The molecule has 206 valence electrons. The fraction of sp³-hybridized carbons (Fsp3) is 0.156. The number of hydrogen-bond acceptors (Lipinski definition) is 7. The molecule has 3 amide bonds. The summed E-state index contributed by atoms with van der Waals surface area (Å²) in [6, 6.07) is 22.8. The highest BCUT2D eigenvalue weighted by atomic mass is 16.6. The van der Waals surface area contributed by atoms with E-state index in [1.165, 1.54) is 24.5 Å². The first-order chi connectivity index (χ1) is 20.3. The van der Waals surface area contributed by atoms with E-state index in [-0.39, 0.29) is 11.4 Å². The SMILES string of the molecule is Cc1ccc(N2C(=O)[C@@H]3[C@@H](C2=O)C2c4ccccc4C3(/C=N\NC(=O)c3ccncc3)c3ccccc32)c([N+](=O)[O-])c1. The van der Waals surface area contributed by atoms with Crippen LogP contribution in [0, 0.1) is 28.9 Å². The van der Waals surface area contributed by atoms with Crippen molar-refractivity contribution in [2.75, 3.05) is 4.90 Å². The van der Waals surface area contributed by atoms with Gasteiger partial charge in [0, 0.05) is 36.2 Å². The molecular weight excluding hydrogens is 534 g/mol. The minimum Gasteiger partial charge on any atom is -0.274 e. The molecule has 4 aromatic rings. The lowest BCUT2D eigenvalue weighted by Gasteiger charge is -2.52. The molecule has 1 saturated heterocycles. The number of nitro groups is 1. The molecule has 10 nitrogen and oxygen atoms in total. The number of hydrazone groups is 1. The fourth-order valence-corrected chi connectivity index (χ4v) is 7.02. The van der Waals surface area contributed by atoms with E-state index in [1.54, 1.807) is 31.3 Å². The lowest BCUT2D eigenvalue weighted by Crippen LogP contribution is -2.54. The Morgan fingerprint density at radius 2 is 1.62 bits per heavy atom. The number of amides is 3. The number of rotatable bonds is 5. The third-order valence-corrected chi connectivity index (χ3v) is 8.63. The number of hydrogen-bond donors (Lipinski definition) is 1. The van der Waals surface area contributed by atoms with Crippen LogP contribution in [0.15, 0.2) is 96.4 Å². The molecule has 3 aromatic carbocycles. The number of nitrogens with one attached hydrogen (secondary N) is 1. The normalized spacial score (nSPS) is 23.5. The zero-order chi connectivity index (χ0) is 29.2. The fourth-order valence-electron chi connectivity index (χ4n) is 7.02. The number of imide groups is 1. The Bertz CT molecular complexity index is 1810. The van der Waals surface area contributed by atoms with Crippen molar-refractivity contribution in [3.05, 3.63) is 135 Å². The summed E-state index contributed by atoms with van der Waals surface area (Å²) < 4.78 is 0. The van der Waals surface area contributed by atoms with Gasteiger partial charge in [-0.1, -0.05) is 54.6 Å². The maximum absolute atomic E-state index is 14.5. The summed E-state index contributed by atoms with van der Waals surface area (Å²) in [4.78, 5) is 58.0. The maximum atomic E-state index is 14.5. The van der Waals surface area contributed by atoms with Crippen LogP contribution < -0.4 is 10.3 Å². The summed E-state index contributed by atoms with van der Waals surface area (Å²) in [5.74, 6) is -3.70. The molecule has 0 saturated carbocycles. The third kappa shape index (κ3) is 3.41. The van der Waals surface area contributed by atoms with E-state index in [0.29, 0.717) is 11.1 Å². The first kappa shape index (κ1) is 25.5. The van der Waals surface area contributed by atoms with E-state index in [9.17, 15) is 24.5 Å². The molecule has 0 spiro atoms. The Labute approximate surface area is 239 Å². The average molecular weight is 558 g/mol. The van der Waals surface area contributed by atoms with Gasteiger partial charge in [-0.2, -0.15) is 5.10 Å². The first-order valence-electron chi connectivity index (χ1n) is 13.4. The van der Waals surface area contributed by atoms with Crippen molar-refractivity contribution in [2.24, 2.45) is 16.9 Å². The summed E-state index contributed by atoms with van der Waals surface area (Å²) >= 11 is 0. The lowest BCUT2D eigenvalue weighted by molar-refractivity contribution is -0.384. The van der Waals surface area contributed by atoms with Crippen molar-refractivity contribution in [2.45, 2.75) is 18.3 Å². The van der Waals surface area contributed by atoms with Crippen molar-refractivity contribution >= 4 is 35.3 Å². The molecule has 8 rings (SSSR count). The molecule has 2 atom stereocenters. The topological polar surface area (TPSA) is 135 Å². The molecule has 10 heteroatoms. The number of nitro benzene ring substituents is 1. The summed E-state index contributed by atoms with van der Waals surface area (Å²) in [7, 11) is 0. The quantitative estimate of drug-likeness (QED) is 0.169. The van der Waals surface area contributed by atoms with Crippen molar-refractivity contribution in [1.29, 1.82) is 0 Å². The van der Waals surface area contributed by atoms with Crippen LogP contribution in [0.3, 0.4) is 0 Å². The molecule has 0 unspecified atom stereocenters. The Hall–Kier alpha value is -5.51. The molecule has 4 aliphatic rings. The number of nitrogens with zero attached hydrogens (tertiary/aromatic N) is 4. The first-order valence-corrected chi connectivity index (χ1v) is 13.4. The number of carbonyl (C=O) groups is 3. The number of pyridine rings is 1. The number of carbonyl (C=O) groups excluding carboxylic acids is 3. The second-order valence-corrected chi connectivity index (χ2v) is 10.7. The predicted octanol–water partition coefficient (Wildman–Crippen LogP) is 4.26. The summed E-state index contributed by atoms with van der Waals surface area (Å²) in [5.41, 5.74) is 5.33. The van der Waals surface area contributed by atoms with Crippen LogP contribution in [-0.4, -0.2) is 33.8 Å². The Balaban J connectivity index is 1.42. The van der Waals surface area contributed by atoms with Gasteiger partial charge < -0.3 is 0 Å². The van der Waals surface area contributed by atoms with Gasteiger partial charge in [0.25, 0.3) is 11.6 Å². The highest BCUT2D eigenvalue weighted by Gasteiger charge is 2.68. The van der Waals surface area contributed by atoms with Crippen molar-refractivity contribution in [1.82, 2.24) is 10.4 Å². The highest BCUT2D eigenvalue weighted by molar-refractivity contribution is 6.25. The molecule has 0 radical (unpaired) electrons. The molecule has 2 bridgehead atoms. The van der Waals surface area contributed by atoms with E-state index in [4.69, 9.17) is 0 Å². The predicted molar refractivity (Wildman–Crippen MR) is 153 cm³/mol. The standard InChI is InChI=1S/C32H23N5O5/c1-18-10-11-24(25(16-18)37(41)42)36-30(39)27-26-20-6-2-4-8-22(20)32(28(27)31(36)40,23-9-5-3-7-21(23)26)17-34-35-29(38)19-12-14-33-15-13-19/h2-17,26-28H,1H3,(H,35,38)/b34-17-/t26?,27-,28-,32?/m0/s1. The Kier molecular flexibility index (Phi) is 5.62. The van der Waals surface area contributed by atoms with Crippen LogP contribution in [0.1, 0.15) is 44.1 Å². The van der Waals surface area contributed by atoms with E-state index in [1.807, 2.05) is 48.5 Å². The van der Waals surface area contributed by atoms with Gasteiger partial charge in [-0.3, -0.25) is 29.5 Å². The maximum Gasteiger partial charge on any atom is 0.293 e. The molecule has 2 heterocycles. The van der Waals surface area contributed by atoms with Gasteiger partial charge in [-0.25, -0.2) is 10.3 Å². The van der Waals surface area contributed by atoms with Crippen LogP contribution in [0.25, 0.3) is 0 Å². The summed E-state index contributed by atoms with van der Waals surface area (Å²) in [5, 5.41) is 16.4. The van der Waals surface area contributed by atoms with Gasteiger partial charge >= 0.3 is 0 Å². The largest absolute Gasteiger partial charge is 0.293 e. The number of aryl methyl sites for hydroxylation is 1. The number of aromatic nitrogens is 1. The molecule has 1 aliphatic heterocycles. The van der Waals surface area contributed by atoms with E-state index in [0.717, 1.165) is 27.2 Å². The number of benzene rings is 3. The van der Waals surface area contributed by atoms with E-state index < -0.39 is 45.8 Å². The molecular formula is C32H23N5O5. The highest BCUT2D eigenvalue weighted by Crippen LogP contribution is 2.63. The molecule has 3 aliphatic carbocycles. The van der Waals surface area contributed by atoms with Crippen molar-refractivity contribution in [3.63, 3.8) is 0 Å². The smallest absolute Gasteiger partial charge is 0.274 e. The van der Waals surface area contributed by atoms with Crippen LogP contribution in [-0.2, 0) is 15.0 Å². The van der Waals surface area contributed by atoms with Gasteiger partial charge in [-0.15, -0.1) is 0 Å². The molecule has 1 aromatic heterocycles.